The Hall–Kier alpha value is -3.45. The van der Waals surface area contributed by atoms with Gasteiger partial charge >= 0.3 is 5.97 Å². The van der Waals surface area contributed by atoms with Crippen molar-refractivity contribution in [2.45, 2.75) is 25.7 Å². The van der Waals surface area contributed by atoms with Gasteiger partial charge in [0.05, 0.1) is 12.7 Å². The lowest BCUT2D eigenvalue weighted by molar-refractivity contribution is -0.134. The summed E-state index contributed by atoms with van der Waals surface area (Å²) in [7, 11) is 1.32. The Bertz CT molecular complexity index is 1150. The Kier molecular flexibility index (Phi) is 7.75. The molecular formula is C27H27NO5S. The first-order chi connectivity index (χ1) is 16.5. The minimum atomic E-state index is -0.447. The number of methoxy groups -OCH3 is 1. The summed E-state index contributed by atoms with van der Waals surface area (Å²) in [6.45, 7) is 1.49. The Morgan fingerprint density at radius 2 is 1.68 bits per heavy atom. The van der Waals surface area contributed by atoms with Crippen molar-refractivity contribution in [3.63, 3.8) is 0 Å². The first kappa shape index (κ1) is 23.7. The van der Waals surface area contributed by atoms with Crippen LogP contribution in [0, 0.1) is 0 Å². The normalized spacial score (nSPS) is 13.4. The molecule has 1 aliphatic rings. The Morgan fingerprint density at radius 1 is 0.941 bits per heavy atom. The minimum Gasteiger partial charge on any atom is -0.483 e. The van der Waals surface area contributed by atoms with E-state index >= 15 is 0 Å². The van der Waals surface area contributed by atoms with Crippen LogP contribution in [0.15, 0.2) is 60.0 Å². The third-order valence-corrected chi connectivity index (χ3v) is 6.82. The van der Waals surface area contributed by atoms with E-state index in [1.165, 1.54) is 7.11 Å². The van der Waals surface area contributed by atoms with E-state index in [-0.39, 0.29) is 24.7 Å². The van der Waals surface area contributed by atoms with Crippen LogP contribution in [0.4, 0.5) is 0 Å². The van der Waals surface area contributed by atoms with Crippen LogP contribution in [0.1, 0.15) is 45.5 Å². The molecule has 3 aromatic rings. The monoisotopic (exact) mass is 477 g/mol. The van der Waals surface area contributed by atoms with Crippen LogP contribution < -0.4 is 4.74 Å². The fourth-order valence-electron chi connectivity index (χ4n) is 4.01. The summed E-state index contributed by atoms with van der Waals surface area (Å²) in [4.78, 5) is 40.2. The molecule has 2 aromatic carbocycles. The number of carbonyl (C=O) groups excluding carboxylic acids is 3. The number of carbonyl (C=O) groups is 3. The van der Waals surface area contributed by atoms with Gasteiger partial charge in [0.1, 0.15) is 5.75 Å². The van der Waals surface area contributed by atoms with Crippen molar-refractivity contribution in [1.29, 1.82) is 0 Å². The number of Topliss-reactive ketones (excluding diaryl/α,β-unsaturated/α-hetero) is 1. The van der Waals surface area contributed by atoms with Crippen LogP contribution in [-0.2, 0) is 16.0 Å². The average molecular weight is 478 g/mol. The summed E-state index contributed by atoms with van der Waals surface area (Å²) in [5.41, 5.74) is 2.59. The lowest BCUT2D eigenvalue weighted by Gasteiger charge is -2.26. The topological polar surface area (TPSA) is 72.9 Å². The molecule has 7 heteroatoms. The molecule has 0 unspecified atom stereocenters. The van der Waals surface area contributed by atoms with Crippen molar-refractivity contribution in [3.8, 4) is 16.2 Å². The van der Waals surface area contributed by atoms with Gasteiger partial charge in [-0.2, -0.15) is 0 Å². The number of nitrogens with zero attached hydrogens (tertiary/aromatic N) is 1. The lowest BCUT2D eigenvalue weighted by Crippen LogP contribution is -2.38. The molecule has 2 heterocycles. The van der Waals surface area contributed by atoms with Gasteiger partial charge in [-0.3, -0.25) is 9.59 Å². The average Bonchev–Trinajstić information content (AvgIpc) is 3.43. The predicted molar refractivity (Wildman–Crippen MR) is 131 cm³/mol. The van der Waals surface area contributed by atoms with E-state index in [4.69, 9.17) is 9.47 Å². The molecule has 0 aliphatic carbocycles. The maximum atomic E-state index is 13.1. The number of hydrogen-bond acceptors (Lipinski definition) is 6. The summed E-state index contributed by atoms with van der Waals surface area (Å²) in [6.07, 6.45) is 3.32. The zero-order chi connectivity index (χ0) is 23.9. The molecule has 0 atom stereocenters. The van der Waals surface area contributed by atoms with Gasteiger partial charge in [-0.25, -0.2) is 4.79 Å². The third kappa shape index (κ3) is 5.72. The summed E-state index contributed by atoms with van der Waals surface area (Å²) in [6, 6.07) is 16.1. The number of piperidine rings is 1. The van der Waals surface area contributed by atoms with Gasteiger partial charge in [0, 0.05) is 35.5 Å². The van der Waals surface area contributed by atoms with Crippen molar-refractivity contribution in [2.24, 2.45) is 0 Å². The second-order valence-corrected chi connectivity index (χ2v) is 9.15. The molecule has 1 saturated heterocycles. The molecule has 1 fully saturated rings. The van der Waals surface area contributed by atoms with E-state index in [1.807, 2.05) is 40.6 Å². The maximum absolute atomic E-state index is 13.1. The molecule has 1 aromatic heterocycles. The zero-order valence-corrected chi connectivity index (χ0v) is 19.9. The van der Waals surface area contributed by atoms with Crippen LogP contribution in [0.3, 0.4) is 0 Å². The fraction of sp³-hybridized carbons (Fsp3) is 0.296. The highest BCUT2D eigenvalue weighted by molar-refractivity contribution is 7.13. The molecule has 0 radical (unpaired) electrons. The van der Waals surface area contributed by atoms with Crippen molar-refractivity contribution in [1.82, 2.24) is 4.90 Å². The van der Waals surface area contributed by atoms with E-state index in [9.17, 15) is 14.4 Å². The molecule has 0 saturated carbocycles. The maximum Gasteiger partial charge on any atom is 0.337 e. The number of rotatable bonds is 8. The molecule has 6 nitrogen and oxygen atoms in total. The summed E-state index contributed by atoms with van der Waals surface area (Å²) < 4.78 is 10.6. The quantitative estimate of drug-likeness (QED) is 0.337. The number of thiophene rings is 1. The van der Waals surface area contributed by atoms with Gasteiger partial charge in [-0.15, -0.1) is 11.3 Å². The molecule has 176 valence electrons. The van der Waals surface area contributed by atoms with E-state index < -0.39 is 5.97 Å². The van der Waals surface area contributed by atoms with Crippen molar-refractivity contribution in [3.05, 3.63) is 76.7 Å². The van der Waals surface area contributed by atoms with Gasteiger partial charge < -0.3 is 14.4 Å². The van der Waals surface area contributed by atoms with Gasteiger partial charge in [-0.05, 0) is 66.6 Å². The fourth-order valence-corrected chi connectivity index (χ4v) is 4.74. The summed E-state index contributed by atoms with van der Waals surface area (Å²) in [5, 5.41) is 2.00. The minimum absolute atomic E-state index is 0.0299. The van der Waals surface area contributed by atoms with Crippen molar-refractivity contribution >= 4 is 29.0 Å². The molecule has 0 spiro atoms. The molecule has 1 amide bonds. The highest BCUT2D eigenvalue weighted by atomic mass is 32.1. The second kappa shape index (κ2) is 11.1. The SMILES string of the molecule is COC(=O)c1ccc(C(=O)Cc2cc(-c3cccs3)ccc2OCC(=O)N2CCCCC2)cc1. The Labute approximate surface area is 203 Å². The van der Waals surface area contributed by atoms with Gasteiger partial charge in [0.2, 0.25) is 0 Å². The number of esters is 1. The zero-order valence-electron chi connectivity index (χ0n) is 19.1. The van der Waals surface area contributed by atoms with Crippen molar-refractivity contribution in [2.75, 3.05) is 26.8 Å². The van der Waals surface area contributed by atoms with E-state index in [0.29, 0.717) is 16.9 Å². The van der Waals surface area contributed by atoms with Crippen LogP contribution in [0.25, 0.3) is 10.4 Å². The molecule has 0 bridgehead atoms. The largest absolute Gasteiger partial charge is 0.483 e. The van der Waals surface area contributed by atoms with Crippen molar-refractivity contribution < 1.29 is 23.9 Å². The van der Waals surface area contributed by atoms with Gasteiger partial charge in [0.15, 0.2) is 12.4 Å². The second-order valence-electron chi connectivity index (χ2n) is 8.20. The van der Waals surface area contributed by atoms with E-state index in [2.05, 4.69) is 0 Å². The number of ketones is 1. The first-order valence-corrected chi connectivity index (χ1v) is 12.2. The molecule has 4 rings (SSSR count). The Balaban J connectivity index is 1.53. The molecule has 0 N–H and O–H groups in total. The Morgan fingerprint density at radius 3 is 2.35 bits per heavy atom. The highest BCUT2D eigenvalue weighted by Gasteiger charge is 2.19. The third-order valence-electron chi connectivity index (χ3n) is 5.91. The van der Waals surface area contributed by atoms with Crippen LogP contribution in [0.2, 0.25) is 0 Å². The van der Waals surface area contributed by atoms with E-state index in [1.54, 1.807) is 35.6 Å². The predicted octanol–water partition coefficient (Wildman–Crippen LogP) is 5.02. The summed E-state index contributed by atoms with van der Waals surface area (Å²) in [5.74, 6) is -0.0495. The van der Waals surface area contributed by atoms with Crippen LogP contribution in [0.5, 0.6) is 5.75 Å². The van der Waals surface area contributed by atoms with Crippen LogP contribution >= 0.6 is 11.3 Å². The molecular weight excluding hydrogens is 450 g/mol. The number of amides is 1. The van der Waals surface area contributed by atoms with Gasteiger partial charge in [-0.1, -0.05) is 18.2 Å². The molecule has 1 aliphatic heterocycles. The van der Waals surface area contributed by atoms with E-state index in [0.717, 1.165) is 48.4 Å². The van der Waals surface area contributed by atoms with Gasteiger partial charge in [0.25, 0.3) is 5.91 Å². The number of likely N-dealkylation sites (tertiary alicyclic amines) is 1. The first-order valence-electron chi connectivity index (χ1n) is 11.3. The standard InChI is InChI=1S/C27H27NO5S/c1-32-27(31)20-9-7-19(8-10-20)23(29)17-22-16-21(25-6-5-15-34-25)11-12-24(22)33-18-26(30)28-13-3-2-4-14-28/h5-12,15-16H,2-4,13-14,17-18H2,1H3. The smallest absolute Gasteiger partial charge is 0.337 e. The number of ether oxygens (including phenoxy) is 2. The number of hydrogen-bond donors (Lipinski definition) is 0. The highest BCUT2D eigenvalue weighted by Crippen LogP contribution is 2.30. The number of benzene rings is 2. The summed E-state index contributed by atoms with van der Waals surface area (Å²) >= 11 is 1.62. The lowest BCUT2D eigenvalue weighted by atomic mass is 9.99. The molecule has 34 heavy (non-hydrogen) atoms. The van der Waals surface area contributed by atoms with Crippen LogP contribution in [-0.4, -0.2) is 49.4 Å².